The highest BCUT2D eigenvalue weighted by molar-refractivity contribution is 5.89. The molecule has 0 radical (unpaired) electrons. The fraction of sp³-hybridized carbons (Fsp3) is 0.364. The Morgan fingerprint density at radius 1 is 1.57 bits per heavy atom. The van der Waals surface area contributed by atoms with Gasteiger partial charge < -0.3 is 10.4 Å². The minimum Gasteiger partial charge on any atom is -0.478 e. The van der Waals surface area contributed by atoms with E-state index in [0.717, 1.165) is 17.5 Å². The summed E-state index contributed by atoms with van der Waals surface area (Å²) in [5.41, 5.74) is 2.54. The molecule has 3 heteroatoms. The topological polar surface area (TPSA) is 49.3 Å². The second-order valence-corrected chi connectivity index (χ2v) is 3.73. The summed E-state index contributed by atoms with van der Waals surface area (Å²) in [7, 11) is 0. The SMILES string of the molecule is C[C@H]1Cc2cccc(C(=O)O)c2CN1. The summed E-state index contributed by atoms with van der Waals surface area (Å²) in [5, 5.41) is 12.2. The number of fused-ring (bicyclic) bond motifs is 1. The third-order valence-corrected chi connectivity index (χ3v) is 2.66. The number of nitrogens with one attached hydrogen (secondary N) is 1. The lowest BCUT2D eigenvalue weighted by molar-refractivity contribution is 0.0695. The normalized spacial score (nSPS) is 20.2. The maximum atomic E-state index is 10.9. The van der Waals surface area contributed by atoms with Crippen LogP contribution in [0.5, 0.6) is 0 Å². The predicted octanol–water partition coefficient (Wildman–Crippen LogP) is 1.42. The molecule has 1 aliphatic heterocycles. The van der Waals surface area contributed by atoms with Crippen LogP contribution >= 0.6 is 0 Å². The van der Waals surface area contributed by atoms with Gasteiger partial charge in [0.1, 0.15) is 0 Å². The van der Waals surface area contributed by atoms with Crippen molar-refractivity contribution in [3.8, 4) is 0 Å². The van der Waals surface area contributed by atoms with E-state index < -0.39 is 5.97 Å². The average molecular weight is 191 g/mol. The van der Waals surface area contributed by atoms with Crippen LogP contribution in [-0.2, 0) is 13.0 Å². The zero-order valence-electron chi connectivity index (χ0n) is 8.08. The lowest BCUT2D eigenvalue weighted by atomic mass is 9.93. The van der Waals surface area contributed by atoms with E-state index in [0.29, 0.717) is 18.2 Å². The first-order valence-corrected chi connectivity index (χ1v) is 4.76. The molecule has 0 bridgehead atoms. The number of hydrogen-bond acceptors (Lipinski definition) is 2. The van der Waals surface area contributed by atoms with E-state index in [1.165, 1.54) is 0 Å². The third kappa shape index (κ3) is 1.51. The van der Waals surface area contributed by atoms with Crippen molar-refractivity contribution in [1.82, 2.24) is 5.32 Å². The number of hydrogen-bond donors (Lipinski definition) is 2. The Labute approximate surface area is 82.8 Å². The molecule has 1 aliphatic rings. The Balaban J connectivity index is 2.46. The summed E-state index contributed by atoms with van der Waals surface area (Å²) < 4.78 is 0. The van der Waals surface area contributed by atoms with Crippen LogP contribution in [0.3, 0.4) is 0 Å². The number of carboxylic acids is 1. The molecule has 1 aromatic carbocycles. The van der Waals surface area contributed by atoms with Crippen LogP contribution in [0.25, 0.3) is 0 Å². The van der Waals surface area contributed by atoms with E-state index in [9.17, 15) is 4.79 Å². The van der Waals surface area contributed by atoms with E-state index in [1.54, 1.807) is 6.07 Å². The van der Waals surface area contributed by atoms with Crippen molar-refractivity contribution in [2.45, 2.75) is 25.9 Å². The maximum Gasteiger partial charge on any atom is 0.336 e. The van der Waals surface area contributed by atoms with Gasteiger partial charge in [0.05, 0.1) is 5.56 Å². The van der Waals surface area contributed by atoms with E-state index in [2.05, 4.69) is 12.2 Å². The molecule has 1 aromatic rings. The van der Waals surface area contributed by atoms with Gasteiger partial charge in [0, 0.05) is 12.6 Å². The third-order valence-electron chi connectivity index (χ3n) is 2.66. The number of carboxylic acid groups (broad SMARTS) is 1. The maximum absolute atomic E-state index is 10.9. The second-order valence-electron chi connectivity index (χ2n) is 3.73. The smallest absolute Gasteiger partial charge is 0.336 e. The summed E-state index contributed by atoms with van der Waals surface area (Å²) in [6.45, 7) is 2.77. The van der Waals surface area contributed by atoms with Crippen LogP contribution in [0.15, 0.2) is 18.2 Å². The molecule has 14 heavy (non-hydrogen) atoms. The number of carbonyl (C=O) groups is 1. The summed E-state index contributed by atoms with van der Waals surface area (Å²) >= 11 is 0. The lowest BCUT2D eigenvalue weighted by Gasteiger charge is -2.24. The highest BCUT2D eigenvalue weighted by Crippen LogP contribution is 2.20. The van der Waals surface area contributed by atoms with Gasteiger partial charge in [0.2, 0.25) is 0 Å². The summed E-state index contributed by atoms with van der Waals surface area (Å²) in [5.74, 6) is -0.835. The summed E-state index contributed by atoms with van der Waals surface area (Å²) in [6.07, 6.45) is 0.913. The van der Waals surface area contributed by atoms with Crippen molar-refractivity contribution < 1.29 is 9.90 Å². The quantitative estimate of drug-likeness (QED) is 0.705. The van der Waals surface area contributed by atoms with Gasteiger partial charge >= 0.3 is 5.97 Å². The Kier molecular flexibility index (Phi) is 2.25. The number of rotatable bonds is 1. The van der Waals surface area contributed by atoms with Gasteiger partial charge in [-0.05, 0) is 30.5 Å². The van der Waals surface area contributed by atoms with Gasteiger partial charge in [-0.1, -0.05) is 12.1 Å². The van der Waals surface area contributed by atoms with Crippen molar-refractivity contribution in [2.24, 2.45) is 0 Å². The molecule has 0 saturated carbocycles. The Bertz CT molecular complexity index is 374. The van der Waals surface area contributed by atoms with Gasteiger partial charge in [-0.2, -0.15) is 0 Å². The van der Waals surface area contributed by atoms with Gasteiger partial charge in [-0.15, -0.1) is 0 Å². The van der Waals surface area contributed by atoms with Crippen molar-refractivity contribution in [3.63, 3.8) is 0 Å². The van der Waals surface area contributed by atoms with E-state index >= 15 is 0 Å². The largest absolute Gasteiger partial charge is 0.478 e. The molecule has 0 aliphatic carbocycles. The monoisotopic (exact) mass is 191 g/mol. The highest BCUT2D eigenvalue weighted by Gasteiger charge is 2.19. The molecule has 74 valence electrons. The van der Waals surface area contributed by atoms with Gasteiger partial charge in [-0.25, -0.2) is 4.79 Å². The van der Waals surface area contributed by atoms with Crippen molar-refractivity contribution in [1.29, 1.82) is 0 Å². The van der Waals surface area contributed by atoms with Crippen LogP contribution in [0.2, 0.25) is 0 Å². The molecule has 0 unspecified atom stereocenters. The Morgan fingerprint density at radius 3 is 3.07 bits per heavy atom. The molecular weight excluding hydrogens is 178 g/mol. The van der Waals surface area contributed by atoms with Crippen molar-refractivity contribution in [2.75, 3.05) is 0 Å². The second kappa shape index (κ2) is 3.42. The van der Waals surface area contributed by atoms with E-state index in [4.69, 9.17) is 5.11 Å². The van der Waals surface area contributed by atoms with Gasteiger partial charge in [0.15, 0.2) is 0 Å². The first-order chi connectivity index (χ1) is 6.68. The van der Waals surface area contributed by atoms with E-state index in [-0.39, 0.29) is 0 Å². The first-order valence-electron chi connectivity index (χ1n) is 4.76. The van der Waals surface area contributed by atoms with Gasteiger partial charge in [-0.3, -0.25) is 0 Å². The zero-order chi connectivity index (χ0) is 10.1. The molecule has 2 rings (SSSR count). The summed E-state index contributed by atoms with van der Waals surface area (Å²) in [4.78, 5) is 10.9. The van der Waals surface area contributed by atoms with Crippen LogP contribution in [0.1, 0.15) is 28.4 Å². The molecular formula is C11H13NO2. The number of benzene rings is 1. The average Bonchev–Trinajstić information content (AvgIpc) is 2.16. The standard InChI is InChI=1S/C11H13NO2/c1-7-5-8-3-2-4-9(11(13)14)10(8)6-12-7/h2-4,7,12H,5-6H2,1H3,(H,13,14)/t7-/m0/s1. The molecule has 0 amide bonds. The fourth-order valence-electron chi connectivity index (χ4n) is 1.91. The zero-order valence-corrected chi connectivity index (χ0v) is 8.08. The lowest BCUT2D eigenvalue weighted by Crippen LogP contribution is -2.33. The Morgan fingerprint density at radius 2 is 2.36 bits per heavy atom. The molecule has 0 saturated heterocycles. The van der Waals surface area contributed by atoms with E-state index in [1.807, 2.05) is 12.1 Å². The highest BCUT2D eigenvalue weighted by atomic mass is 16.4. The van der Waals surface area contributed by atoms with Crippen molar-refractivity contribution in [3.05, 3.63) is 34.9 Å². The minimum absolute atomic E-state index is 0.432. The van der Waals surface area contributed by atoms with Gasteiger partial charge in [0.25, 0.3) is 0 Å². The molecule has 0 fully saturated rings. The first kappa shape index (κ1) is 9.21. The van der Waals surface area contributed by atoms with Crippen LogP contribution < -0.4 is 5.32 Å². The molecule has 2 N–H and O–H groups in total. The molecule has 3 nitrogen and oxygen atoms in total. The Hall–Kier alpha value is -1.35. The molecule has 0 aromatic heterocycles. The molecule has 1 atom stereocenters. The fourth-order valence-corrected chi connectivity index (χ4v) is 1.91. The number of aromatic carboxylic acids is 1. The minimum atomic E-state index is -0.835. The predicted molar refractivity (Wildman–Crippen MR) is 53.4 cm³/mol. The van der Waals surface area contributed by atoms with Crippen LogP contribution in [0.4, 0.5) is 0 Å². The van der Waals surface area contributed by atoms with Crippen LogP contribution in [-0.4, -0.2) is 17.1 Å². The summed E-state index contributed by atoms with van der Waals surface area (Å²) in [6, 6.07) is 5.93. The molecule has 0 spiro atoms. The molecule has 1 heterocycles. The van der Waals surface area contributed by atoms with Crippen LogP contribution in [0, 0.1) is 0 Å². The van der Waals surface area contributed by atoms with Crippen molar-refractivity contribution >= 4 is 5.97 Å².